The van der Waals surface area contributed by atoms with Crippen LogP contribution in [0.1, 0.15) is 52.7 Å². The van der Waals surface area contributed by atoms with Gasteiger partial charge in [-0.1, -0.05) is 31.1 Å². The van der Waals surface area contributed by atoms with Crippen LogP contribution in [0, 0.1) is 17.5 Å². The van der Waals surface area contributed by atoms with Crippen LogP contribution in [0.2, 0.25) is 0 Å². The van der Waals surface area contributed by atoms with Crippen molar-refractivity contribution >= 4 is 16.9 Å². The van der Waals surface area contributed by atoms with E-state index in [1.165, 1.54) is 0 Å². The number of nitrogens with zero attached hydrogens (tertiary/aromatic N) is 2. The van der Waals surface area contributed by atoms with Gasteiger partial charge in [0.1, 0.15) is 36.2 Å². The molecular formula is C30H25F3N2O5. The van der Waals surface area contributed by atoms with E-state index in [4.69, 9.17) is 14.0 Å². The summed E-state index contributed by atoms with van der Waals surface area (Å²) in [5, 5.41) is 14.2. The molecule has 40 heavy (non-hydrogen) atoms. The predicted molar refractivity (Wildman–Crippen MR) is 140 cm³/mol. The second-order valence-corrected chi connectivity index (χ2v) is 9.57. The quantitative estimate of drug-likeness (QED) is 0.200. The lowest BCUT2D eigenvalue weighted by Crippen LogP contribution is -2.07. The van der Waals surface area contributed by atoms with Gasteiger partial charge in [0.25, 0.3) is 0 Å². The fourth-order valence-corrected chi connectivity index (χ4v) is 4.45. The number of aromatic nitrogens is 2. The van der Waals surface area contributed by atoms with Gasteiger partial charge in [0.05, 0.1) is 11.1 Å². The van der Waals surface area contributed by atoms with Crippen LogP contribution in [-0.2, 0) is 19.8 Å². The summed E-state index contributed by atoms with van der Waals surface area (Å²) in [5.41, 5.74) is 2.94. The Balaban J connectivity index is 1.32. The number of fused-ring (bicyclic) bond motifs is 1. The van der Waals surface area contributed by atoms with E-state index >= 15 is 0 Å². The topological polar surface area (TPSA) is 86.7 Å². The molecule has 0 spiro atoms. The van der Waals surface area contributed by atoms with Crippen molar-refractivity contribution in [3.8, 4) is 11.5 Å². The molecule has 0 bridgehead atoms. The van der Waals surface area contributed by atoms with E-state index in [0.29, 0.717) is 41.4 Å². The molecule has 0 aliphatic heterocycles. The smallest absolute Gasteiger partial charge is 0.335 e. The van der Waals surface area contributed by atoms with Crippen LogP contribution in [0.3, 0.4) is 0 Å². The number of carbonyl (C=O) groups is 1. The SMILES string of the molecule is CC(C)c1onc(COc2c(F)cc(F)cc2F)c1COc1ccc2c(ccn2Cc2cccc(C(=O)O)c2)c1. The molecule has 0 atom stereocenters. The molecular weight excluding hydrogens is 525 g/mol. The number of ether oxygens (including phenoxy) is 2. The molecule has 0 radical (unpaired) electrons. The van der Waals surface area contributed by atoms with Crippen LogP contribution in [0.25, 0.3) is 10.9 Å². The summed E-state index contributed by atoms with van der Waals surface area (Å²) in [4.78, 5) is 11.3. The maximum Gasteiger partial charge on any atom is 0.335 e. The first kappa shape index (κ1) is 26.9. The van der Waals surface area contributed by atoms with E-state index in [-0.39, 0.29) is 24.7 Å². The maximum absolute atomic E-state index is 14.0. The Labute approximate surface area is 227 Å². The minimum absolute atomic E-state index is 0.0460. The number of aromatic carboxylic acids is 1. The second-order valence-electron chi connectivity index (χ2n) is 9.57. The molecule has 0 unspecified atom stereocenters. The molecule has 0 amide bonds. The molecule has 0 saturated carbocycles. The zero-order valence-electron chi connectivity index (χ0n) is 21.7. The van der Waals surface area contributed by atoms with E-state index in [9.17, 15) is 23.1 Å². The molecule has 2 aromatic heterocycles. The van der Waals surface area contributed by atoms with Gasteiger partial charge in [-0.15, -0.1) is 0 Å². The molecule has 5 aromatic rings. The van der Waals surface area contributed by atoms with E-state index in [1.807, 2.05) is 54.9 Å². The standard InChI is InChI=1S/C30H25F3N2O5/c1-17(2)28-23(26(34-40-28)16-39-29-24(32)12-21(31)13-25(29)33)15-38-22-6-7-27-19(11-22)8-9-35(27)14-18-4-3-5-20(10-18)30(36)37/h3-13,17H,14-16H2,1-2H3,(H,36,37). The fraction of sp³-hybridized carbons (Fsp3) is 0.200. The Kier molecular flexibility index (Phi) is 7.50. The second kappa shape index (κ2) is 11.2. The Morgan fingerprint density at radius 1 is 1.00 bits per heavy atom. The Bertz CT molecular complexity index is 1670. The van der Waals surface area contributed by atoms with Crippen molar-refractivity contribution in [2.45, 2.75) is 39.5 Å². The normalized spacial score (nSPS) is 11.3. The number of carboxylic acids is 1. The Hall–Kier alpha value is -4.73. The van der Waals surface area contributed by atoms with Gasteiger partial charge >= 0.3 is 5.97 Å². The van der Waals surface area contributed by atoms with Gasteiger partial charge in [-0.25, -0.2) is 18.0 Å². The molecule has 5 rings (SSSR count). The van der Waals surface area contributed by atoms with Crippen molar-refractivity contribution < 1.29 is 37.1 Å². The third kappa shape index (κ3) is 5.66. The number of halogens is 3. The van der Waals surface area contributed by atoms with Crippen molar-refractivity contribution in [1.29, 1.82) is 0 Å². The lowest BCUT2D eigenvalue weighted by atomic mass is 10.1. The average molecular weight is 551 g/mol. The summed E-state index contributed by atoms with van der Waals surface area (Å²) in [6.07, 6.45) is 1.92. The first-order valence-corrected chi connectivity index (χ1v) is 12.5. The highest BCUT2D eigenvalue weighted by atomic mass is 19.1. The summed E-state index contributed by atoms with van der Waals surface area (Å²) in [7, 11) is 0. The lowest BCUT2D eigenvalue weighted by molar-refractivity contribution is 0.0696. The first-order chi connectivity index (χ1) is 19.2. The van der Waals surface area contributed by atoms with Crippen molar-refractivity contribution in [3.63, 3.8) is 0 Å². The number of rotatable bonds is 10. The van der Waals surface area contributed by atoms with Crippen LogP contribution >= 0.6 is 0 Å². The third-order valence-electron chi connectivity index (χ3n) is 6.39. The van der Waals surface area contributed by atoms with Crippen LogP contribution in [0.4, 0.5) is 13.2 Å². The highest BCUT2D eigenvalue weighted by molar-refractivity contribution is 5.87. The maximum atomic E-state index is 14.0. The predicted octanol–water partition coefficient (Wildman–Crippen LogP) is 7.07. The number of hydrogen-bond acceptors (Lipinski definition) is 5. The van der Waals surface area contributed by atoms with Crippen LogP contribution in [0.15, 0.2) is 71.4 Å². The molecule has 10 heteroatoms. The lowest BCUT2D eigenvalue weighted by Gasteiger charge is -2.11. The molecule has 2 heterocycles. The van der Waals surface area contributed by atoms with Gasteiger partial charge in [0.2, 0.25) is 0 Å². The van der Waals surface area contributed by atoms with E-state index in [1.54, 1.807) is 18.2 Å². The number of benzene rings is 3. The van der Waals surface area contributed by atoms with Crippen LogP contribution in [-0.4, -0.2) is 20.8 Å². The summed E-state index contributed by atoms with van der Waals surface area (Å²) in [6.45, 7) is 4.09. The van der Waals surface area contributed by atoms with Gasteiger partial charge in [0, 0.05) is 41.7 Å². The summed E-state index contributed by atoms with van der Waals surface area (Å²) >= 11 is 0. The molecule has 7 nitrogen and oxygen atoms in total. The minimum atomic E-state index is -1.15. The number of hydrogen-bond donors (Lipinski definition) is 1. The molecule has 0 aliphatic carbocycles. The monoisotopic (exact) mass is 550 g/mol. The summed E-state index contributed by atoms with van der Waals surface area (Å²) < 4.78 is 60.1. The average Bonchev–Trinajstić information content (AvgIpc) is 3.50. The third-order valence-corrected chi connectivity index (χ3v) is 6.39. The highest BCUT2D eigenvalue weighted by Crippen LogP contribution is 2.29. The van der Waals surface area contributed by atoms with Crippen molar-refractivity contribution in [2.24, 2.45) is 0 Å². The molecule has 206 valence electrons. The van der Waals surface area contributed by atoms with E-state index in [2.05, 4.69) is 5.16 Å². The van der Waals surface area contributed by atoms with Gasteiger partial charge in [0.15, 0.2) is 17.4 Å². The minimum Gasteiger partial charge on any atom is -0.489 e. The zero-order valence-corrected chi connectivity index (χ0v) is 21.7. The van der Waals surface area contributed by atoms with Gasteiger partial charge in [-0.2, -0.15) is 0 Å². The zero-order chi connectivity index (χ0) is 28.4. The van der Waals surface area contributed by atoms with E-state index in [0.717, 1.165) is 16.5 Å². The fourth-order valence-electron chi connectivity index (χ4n) is 4.45. The molecule has 1 N–H and O–H groups in total. The van der Waals surface area contributed by atoms with Crippen molar-refractivity contribution in [1.82, 2.24) is 9.72 Å². The van der Waals surface area contributed by atoms with Gasteiger partial charge in [-0.05, 0) is 42.0 Å². The molecule has 3 aromatic carbocycles. The molecule has 0 fully saturated rings. The van der Waals surface area contributed by atoms with Crippen LogP contribution < -0.4 is 9.47 Å². The molecule has 0 saturated heterocycles. The van der Waals surface area contributed by atoms with Crippen molar-refractivity contribution in [2.75, 3.05) is 0 Å². The first-order valence-electron chi connectivity index (χ1n) is 12.5. The van der Waals surface area contributed by atoms with Gasteiger partial charge < -0.3 is 23.7 Å². The van der Waals surface area contributed by atoms with Gasteiger partial charge in [-0.3, -0.25) is 0 Å². The van der Waals surface area contributed by atoms with Crippen molar-refractivity contribution in [3.05, 3.63) is 112 Å². The summed E-state index contributed by atoms with van der Waals surface area (Å²) in [6, 6.07) is 15.4. The Morgan fingerprint density at radius 2 is 1.77 bits per heavy atom. The highest BCUT2D eigenvalue weighted by Gasteiger charge is 2.22. The molecule has 0 aliphatic rings. The Morgan fingerprint density at radius 3 is 2.50 bits per heavy atom. The van der Waals surface area contributed by atoms with Crippen LogP contribution in [0.5, 0.6) is 11.5 Å². The van der Waals surface area contributed by atoms with E-state index < -0.39 is 29.2 Å². The number of carboxylic acid groups (broad SMARTS) is 1. The largest absolute Gasteiger partial charge is 0.489 e. The summed E-state index contributed by atoms with van der Waals surface area (Å²) in [5.74, 6) is -3.94.